The molecule has 1 unspecified atom stereocenters. The van der Waals surface area contributed by atoms with Gasteiger partial charge in [-0.2, -0.15) is 0 Å². The number of quaternary nitrogens is 1. The molecule has 3 saturated heterocycles. The van der Waals surface area contributed by atoms with Crippen molar-refractivity contribution in [1.82, 2.24) is 0 Å². The van der Waals surface area contributed by atoms with Crippen LogP contribution in [0.25, 0.3) is 0 Å². The summed E-state index contributed by atoms with van der Waals surface area (Å²) in [5.41, 5.74) is 0. The number of hydrogen-bond donors (Lipinski definition) is 0. The van der Waals surface area contributed by atoms with E-state index < -0.39 is 0 Å². The molecule has 4 nitrogen and oxygen atoms in total. The molecule has 0 aliphatic carbocycles. The van der Waals surface area contributed by atoms with E-state index in [2.05, 4.69) is 13.8 Å². The molecule has 3 aliphatic rings. The Morgan fingerprint density at radius 2 is 1.15 bits per heavy atom. The van der Waals surface area contributed by atoms with Crippen molar-refractivity contribution in [3.8, 4) is 0 Å². The smallest absolute Gasteiger partial charge is 0.305 e. The second-order valence-electron chi connectivity index (χ2n) is 14.0. The molecule has 0 aromatic carbocycles. The van der Waals surface area contributed by atoms with Gasteiger partial charge >= 0.3 is 5.97 Å². The number of nitrogens with zero attached hydrogens (tertiary/aromatic N) is 1. The maximum absolute atomic E-state index is 12.3. The monoisotopic (exact) mass is 579 g/mol. The van der Waals surface area contributed by atoms with Crippen LogP contribution in [0.4, 0.5) is 0 Å². The zero-order chi connectivity index (χ0) is 29.3. The topological polar surface area (TPSA) is 35.5 Å². The molecule has 41 heavy (non-hydrogen) atoms. The van der Waals surface area contributed by atoms with Gasteiger partial charge in [0, 0.05) is 18.9 Å². The van der Waals surface area contributed by atoms with Gasteiger partial charge in [-0.3, -0.25) is 4.79 Å². The largest absolute Gasteiger partial charge is 0.465 e. The average molecular weight is 579 g/mol. The van der Waals surface area contributed by atoms with Gasteiger partial charge in [0.2, 0.25) is 0 Å². The lowest BCUT2D eigenvalue weighted by Gasteiger charge is -2.49. The molecule has 3 heterocycles. The zero-order valence-electron chi connectivity index (χ0n) is 28.0. The third-order valence-electron chi connectivity index (χ3n) is 10.2. The fourth-order valence-corrected chi connectivity index (χ4v) is 7.27. The Hall–Kier alpha value is -0.610. The van der Waals surface area contributed by atoms with Crippen molar-refractivity contribution in [3.05, 3.63) is 0 Å². The normalized spacial score (nSPS) is 20.9. The highest BCUT2D eigenvalue weighted by atomic mass is 16.5. The summed E-state index contributed by atoms with van der Waals surface area (Å²) in [5, 5.41) is 0. The molecular weight excluding hydrogens is 506 g/mol. The summed E-state index contributed by atoms with van der Waals surface area (Å²) < 4.78 is 13.1. The van der Waals surface area contributed by atoms with Gasteiger partial charge in [0.25, 0.3) is 0 Å². The second kappa shape index (κ2) is 24.8. The van der Waals surface area contributed by atoms with Crippen molar-refractivity contribution in [2.75, 3.05) is 46.0 Å². The van der Waals surface area contributed by atoms with E-state index in [0.717, 1.165) is 51.2 Å². The summed E-state index contributed by atoms with van der Waals surface area (Å²) in [6, 6.07) is 0. The molecule has 3 rings (SSSR count). The van der Waals surface area contributed by atoms with Gasteiger partial charge in [0.1, 0.15) is 0 Å². The number of ether oxygens (including phenoxy) is 2. The summed E-state index contributed by atoms with van der Waals surface area (Å²) in [7, 11) is 0. The van der Waals surface area contributed by atoms with E-state index in [0.29, 0.717) is 18.9 Å². The lowest BCUT2D eigenvalue weighted by Crippen LogP contribution is -2.58. The minimum atomic E-state index is -0.00685. The standard InChI is InChI=1S/C37H72NO3/c1-3-5-6-7-8-9-10-11-12-13-14-15-19-22-32-40-33-36(23-4-2)34-41-37(39)24-20-17-16-18-21-28-38-29-25-35(26-30-38)27-31-38/h35-36H,3-34H2,1-2H3/q+1. The summed E-state index contributed by atoms with van der Waals surface area (Å²) in [5.74, 6) is 1.40. The van der Waals surface area contributed by atoms with Crippen molar-refractivity contribution in [2.45, 2.75) is 174 Å². The van der Waals surface area contributed by atoms with Crippen molar-refractivity contribution >= 4 is 5.97 Å². The Balaban J connectivity index is 1.33. The van der Waals surface area contributed by atoms with Crippen LogP contribution in [0.3, 0.4) is 0 Å². The number of rotatable bonds is 29. The molecule has 0 radical (unpaired) electrons. The van der Waals surface area contributed by atoms with Crippen molar-refractivity contribution < 1.29 is 18.8 Å². The van der Waals surface area contributed by atoms with Crippen LogP contribution in [0.2, 0.25) is 0 Å². The Morgan fingerprint density at radius 1 is 0.634 bits per heavy atom. The maximum Gasteiger partial charge on any atom is 0.305 e. The molecule has 0 aromatic heterocycles. The summed E-state index contributed by atoms with van der Waals surface area (Å²) >= 11 is 0. The van der Waals surface area contributed by atoms with E-state index in [1.165, 1.54) is 153 Å². The van der Waals surface area contributed by atoms with Gasteiger partial charge < -0.3 is 14.0 Å². The quantitative estimate of drug-likeness (QED) is 0.0503. The van der Waals surface area contributed by atoms with Crippen LogP contribution in [-0.4, -0.2) is 56.5 Å². The number of carbonyl (C=O) groups is 1. The van der Waals surface area contributed by atoms with Gasteiger partial charge in [-0.05, 0) is 57.3 Å². The third-order valence-corrected chi connectivity index (χ3v) is 10.2. The first-order chi connectivity index (χ1) is 20.2. The molecule has 0 saturated carbocycles. The SMILES string of the molecule is CCCCCCCCCCCCCCCCOCC(CCC)COC(=O)CCCCCCC[N+]12CCC(CC1)CC2. The number of esters is 1. The highest BCUT2D eigenvalue weighted by Gasteiger charge is 2.38. The van der Waals surface area contributed by atoms with Crippen molar-refractivity contribution in [2.24, 2.45) is 11.8 Å². The molecule has 2 bridgehead atoms. The first-order valence-corrected chi connectivity index (χ1v) is 18.8. The van der Waals surface area contributed by atoms with Crippen LogP contribution in [0.15, 0.2) is 0 Å². The number of fused-ring (bicyclic) bond motifs is 3. The van der Waals surface area contributed by atoms with E-state index in [4.69, 9.17) is 9.47 Å². The summed E-state index contributed by atoms with van der Waals surface area (Å²) in [6.07, 6.45) is 32.7. The zero-order valence-corrected chi connectivity index (χ0v) is 28.0. The Kier molecular flexibility index (Phi) is 22.1. The predicted octanol–water partition coefficient (Wildman–Crippen LogP) is 10.4. The molecule has 4 heteroatoms. The molecule has 242 valence electrons. The lowest BCUT2D eigenvalue weighted by atomic mass is 9.85. The molecule has 0 aromatic rings. The van der Waals surface area contributed by atoms with Gasteiger partial charge in [-0.1, -0.05) is 117 Å². The molecule has 0 N–H and O–H groups in total. The van der Waals surface area contributed by atoms with Crippen molar-refractivity contribution in [1.29, 1.82) is 0 Å². The van der Waals surface area contributed by atoms with Crippen LogP contribution < -0.4 is 0 Å². The first-order valence-electron chi connectivity index (χ1n) is 18.8. The molecule has 0 amide bonds. The van der Waals surface area contributed by atoms with Gasteiger partial charge in [-0.25, -0.2) is 0 Å². The molecule has 3 fully saturated rings. The van der Waals surface area contributed by atoms with Gasteiger partial charge in [-0.15, -0.1) is 0 Å². The Labute approximate surface area is 256 Å². The third kappa shape index (κ3) is 18.6. The fourth-order valence-electron chi connectivity index (χ4n) is 7.27. The van der Waals surface area contributed by atoms with Crippen LogP contribution in [0, 0.1) is 11.8 Å². The number of carbonyl (C=O) groups excluding carboxylic acids is 1. The van der Waals surface area contributed by atoms with Gasteiger partial charge in [0.15, 0.2) is 0 Å². The van der Waals surface area contributed by atoms with E-state index in [9.17, 15) is 4.79 Å². The minimum absolute atomic E-state index is 0.00685. The van der Waals surface area contributed by atoms with E-state index >= 15 is 0 Å². The minimum Gasteiger partial charge on any atom is -0.465 e. The highest BCUT2D eigenvalue weighted by molar-refractivity contribution is 5.69. The predicted molar refractivity (Wildman–Crippen MR) is 175 cm³/mol. The second-order valence-corrected chi connectivity index (χ2v) is 14.0. The molecule has 3 aliphatic heterocycles. The molecule has 1 atom stereocenters. The average Bonchev–Trinajstić information content (AvgIpc) is 3.00. The summed E-state index contributed by atoms with van der Waals surface area (Å²) in [6.45, 7) is 12.4. The van der Waals surface area contributed by atoms with Crippen LogP contribution in [-0.2, 0) is 14.3 Å². The Morgan fingerprint density at radius 3 is 1.71 bits per heavy atom. The molecular formula is C37H72NO3+. The fraction of sp³-hybridized carbons (Fsp3) is 0.973. The Bertz CT molecular complexity index is 587. The van der Waals surface area contributed by atoms with E-state index in [1.807, 2.05) is 0 Å². The lowest BCUT2D eigenvalue weighted by molar-refractivity contribution is -0.942. The van der Waals surface area contributed by atoms with E-state index in [-0.39, 0.29) is 5.97 Å². The van der Waals surface area contributed by atoms with Crippen LogP contribution in [0.1, 0.15) is 174 Å². The van der Waals surface area contributed by atoms with Gasteiger partial charge in [0.05, 0.1) is 39.4 Å². The highest BCUT2D eigenvalue weighted by Crippen LogP contribution is 2.33. The number of unbranched alkanes of at least 4 members (excludes halogenated alkanes) is 17. The van der Waals surface area contributed by atoms with Crippen LogP contribution in [0.5, 0.6) is 0 Å². The number of piperidine rings is 3. The number of hydrogen-bond acceptors (Lipinski definition) is 3. The van der Waals surface area contributed by atoms with E-state index in [1.54, 1.807) is 0 Å². The first kappa shape index (κ1) is 36.6. The molecule has 0 spiro atoms. The van der Waals surface area contributed by atoms with Crippen molar-refractivity contribution in [3.63, 3.8) is 0 Å². The summed E-state index contributed by atoms with van der Waals surface area (Å²) in [4.78, 5) is 12.3. The maximum atomic E-state index is 12.3. The van der Waals surface area contributed by atoms with Crippen LogP contribution >= 0.6 is 0 Å².